The van der Waals surface area contributed by atoms with Crippen LogP contribution in [0.15, 0.2) is 12.1 Å². The number of carbonyl (C=O) groups excluding carboxylic acids is 2. The van der Waals surface area contributed by atoms with Gasteiger partial charge in [0.1, 0.15) is 6.04 Å². The fourth-order valence-corrected chi connectivity index (χ4v) is 1.88. The van der Waals surface area contributed by atoms with E-state index in [9.17, 15) is 9.59 Å². The SMILES string of the molecule is CCNC(=O)C(C)NC(=O)c1cc(Cl)c(N)c(Cl)c1. The molecule has 0 heterocycles. The third kappa shape index (κ3) is 4.01. The number of anilines is 1. The van der Waals surface area contributed by atoms with E-state index in [-0.39, 0.29) is 27.2 Å². The van der Waals surface area contributed by atoms with Crippen LogP contribution in [-0.2, 0) is 4.79 Å². The summed E-state index contributed by atoms with van der Waals surface area (Å²) in [6, 6.07) is 2.16. The van der Waals surface area contributed by atoms with Crippen molar-refractivity contribution in [1.29, 1.82) is 0 Å². The van der Waals surface area contributed by atoms with Crippen molar-refractivity contribution in [3.63, 3.8) is 0 Å². The lowest BCUT2D eigenvalue weighted by Crippen LogP contribution is -2.44. The molecule has 0 aliphatic heterocycles. The van der Waals surface area contributed by atoms with Crippen LogP contribution < -0.4 is 16.4 Å². The molecule has 0 saturated carbocycles. The summed E-state index contributed by atoms with van der Waals surface area (Å²) in [6.45, 7) is 3.88. The first-order valence-electron chi connectivity index (χ1n) is 5.69. The van der Waals surface area contributed by atoms with Crippen molar-refractivity contribution in [2.24, 2.45) is 0 Å². The molecule has 19 heavy (non-hydrogen) atoms. The number of carbonyl (C=O) groups is 2. The molecule has 5 nitrogen and oxygen atoms in total. The summed E-state index contributed by atoms with van der Waals surface area (Å²) in [6.07, 6.45) is 0. The Morgan fingerprint density at radius 1 is 1.32 bits per heavy atom. The maximum atomic E-state index is 11.9. The molecule has 1 rings (SSSR count). The van der Waals surface area contributed by atoms with Gasteiger partial charge in [-0.15, -0.1) is 0 Å². The van der Waals surface area contributed by atoms with Crippen LogP contribution in [0, 0.1) is 0 Å². The summed E-state index contributed by atoms with van der Waals surface area (Å²) in [5.74, 6) is -0.703. The maximum Gasteiger partial charge on any atom is 0.252 e. The molecule has 0 saturated heterocycles. The Hall–Kier alpha value is -1.46. The van der Waals surface area contributed by atoms with Gasteiger partial charge in [-0.05, 0) is 26.0 Å². The first-order chi connectivity index (χ1) is 8.86. The van der Waals surface area contributed by atoms with Crippen molar-refractivity contribution in [3.05, 3.63) is 27.7 Å². The van der Waals surface area contributed by atoms with Gasteiger partial charge in [-0.25, -0.2) is 0 Å². The van der Waals surface area contributed by atoms with E-state index in [4.69, 9.17) is 28.9 Å². The fourth-order valence-electron chi connectivity index (χ4n) is 1.39. The van der Waals surface area contributed by atoms with Crippen LogP contribution >= 0.6 is 23.2 Å². The molecule has 4 N–H and O–H groups in total. The number of nitrogens with one attached hydrogen (secondary N) is 2. The molecule has 0 spiro atoms. The molecular formula is C12H15Cl2N3O2. The average molecular weight is 304 g/mol. The van der Waals surface area contributed by atoms with E-state index in [1.807, 2.05) is 0 Å². The van der Waals surface area contributed by atoms with Crippen LogP contribution in [0.1, 0.15) is 24.2 Å². The molecule has 104 valence electrons. The van der Waals surface area contributed by atoms with Crippen molar-refractivity contribution >= 4 is 40.7 Å². The number of benzene rings is 1. The number of halogens is 2. The Balaban J connectivity index is 2.82. The van der Waals surface area contributed by atoms with Gasteiger partial charge in [-0.3, -0.25) is 9.59 Å². The summed E-state index contributed by atoms with van der Waals surface area (Å²) < 4.78 is 0. The highest BCUT2D eigenvalue weighted by Crippen LogP contribution is 2.28. The molecule has 1 aromatic rings. The number of nitrogens with two attached hydrogens (primary N) is 1. The van der Waals surface area contributed by atoms with Crippen LogP contribution in [0.3, 0.4) is 0 Å². The first kappa shape index (κ1) is 15.6. The zero-order valence-corrected chi connectivity index (χ0v) is 12.1. The molecule has 0 aliphatic rings. The van der Waals surface area contributed by atoms with E-state index >= 15 is 0 Å². The van der Waals surface area contributed by atoms with Gasteiger partial charge in [-0.2, -0.15) is 0 Å². The summed E-state index contributed by atoms with van der Waals surface area (Å²) in [5, 5.41) is 5.55. The third-order valence-electron chi connectivity index (χ3n) is 2.43. The molecule has 1 unspecified atom stereocenters. The van der Waals surface area contributed by atoms with Gasteiger partial charge < -0.3 is 16.4 Å². The second-order valence-electron chi connectivity index (χ2n) is 3.94. The zero-order chi connectivity index (χ0) is 14.6. The molecular weight excluding hydrogens is 289 g/mol. The second-order valence-corrected chi connectivity index (χ2v) is 4.76. The second kappa shape index (κ2) is 6.63. The first-order valence-corrected chi connectivity index (χ1v) is 6.45. The number of hydrogen-bond donors (Lipinski definition) is 3. The third-order valence-corrected chi connectivity index (χ3v) is 3.06. The Morgan fingerprint density at radius 2 is 1.84 bits per heavy atom. The molecule has 2 amide bonds. The summed E-state index contributed by atoms with van der Waals surface area (Å²) in [5.41, 5.74) is 6.05. The van der Waals surface area contributed by atoms with Crippen molar-refractivity contribution in [3.8, 4) is 0 Å². The highest BCUT2D eigenvalue weighted by molar-refractivity contribution is 6.39. The standard InChI is InChI=1S/C12H15Cl2N3O2/c1-3-16-11(18)6(2)17-12(19)7-4-8(13)10(15)9(14)5-7/h4-6H,3,15H2,1-2H3,(H,16,18)(H,17,19). The largest absolute Gasteiger partial charge is 0.396 e. The number of nitrogen functional groups attached to an aromatic ring is 1. The van der Waals surface area contributed by atoms with Crippen LogP contribution in [0.5, 0.6) is 0 Å². The van der Waals surface area contributed by atoms with Crippen LogP contribution in [0.4, 0.5) is 5.69 Å². The molecule has 1 atom stereocenters. The lowest BCUT2D eigenvalue weighted by atomic mass is 10.1. The van der Waals surface area contributed by atoms with Gasteiger partial charge in [0.15, 0.2) is 0 Å². The Bertz CT molecular complexity index is 483. The number of hydrogen-bond acceptors (Lipinski definition) is 3. The van der Waals surface area contributed by atoms with E-state index < -0.39 is 11.9 Å². The van der Waals surface area contributed by atoms with E-state index in [0.29, 0.717) is 6.54 Å². The van der Waals surface area contributed by atoms with Gasteiger partial charge in [0, 0.05) is 12.1 Å². The Labute approximate surface area is 121 Å². The lowest BCUT2D eigenvalue weighted by Gasteiger charge is -2.14. The molecule has 7 heteroatoms. The van der Waals surface area contributed by atoms with Crippen molar-refractivity contribution in [2.45, 2.75) is 19.9 Å². The smallest absolute Gasteiger partial charge is 0.252 e. The van der Waals surface area contributed by atoms with E-state index in [0.717, 1.165) is 0 Å². The zero-order valence-electron chi connectivity index (χ0n) is 10.6. The van der Waals surface area contributed by atoms with Gasteiger partial charge >= 0.3 is 0 Å². The Kier molecular flexibility index (Phi) is 5.44. The minimum atomic E-state index is -0.650. The number of likely N-dealkylation sites (N-methyl/N-ethyl adjacent to an activating group) is 1. The lowest BCUT2D eigenvalue weighted by molar-refractivity contribution is -0.122. The van der Waals surface area contributed by atoms with Crippen LogP contribution in [0.25, 0.3) is 0 Å². The normalized spacial score (nSPS) is 11.8. The number of rotatable bonds is 4. The maximum absolute atomic E-state index is 11.9. The minimum absolute atomic E-state index is 0.198. The molecule has 0 radical (unpaired) electrons. The minimum Gasteiger partial charge on any atom is -0.396 e. The van der Waals surface area contributed by atoms with Crippen molar-refractivity contribution < 1.29 is 9.59 Å². The van der Waals surface area contributed by atoms with Gasteiger partial charge in [0.25, 0.3) is 5.91 Å². The van der Waals surface area contributed by atoms with E-state index in [1.165, 1.54) is 12.1 Å². The highest BCUT2D eigenvalue weighted by atomic mass is 35.5. The molecule has 0 bridgehead atoms. The predicted molar refractivity (Wildman–Crippen MR) is 76.5 cm³/mol. The molecule has 0 fully saturated rings. The van der Waals surface area contributed by atoms with Gasteiger partial charge in [0.05, 0.1) is 15.7 Å². The van der Waals surface area contributed by atoms with Gasteiger partial charge in [-0.1, -0.05) is 23.2 Å². The van der Waals surface area contributed by atoms with Crippen LogP contribution in [-0.4, -0.2) is 24.4 Å². The topological polar surface area (TPSA) is 84.2 Å². The number of amides is 2. The predicted octanol–water partition coefficient (Wildman–Crippen LogP) is 1.83. The van der Waals surface area contributed by atoms with E-state index in [2.05, 4.69) is 10.6 Å². The van der Waals surface area contributed by atoms with Crippen molar-refractivity contribution in [2.75, 3.05) is 12.3 Å². The molecule has 1 aromatic carbocycles. The quantitative estimate of drug-likeness (QED) is 0.742. The van der Waals surface area contributed by atoms with Gasteiger partial charge in [0.2, 0.25) is 5.91 Å². The van der Waals surface area contributed by atoms with Crippen LogP contribution in [0.2, 0.25) is 10.0 Å². The molecule has 0 aromatic heterocycles. The van der Waals surface area contributed by atoms with E-state index in [1.54, 1.807) is 13.8 Å². The highest BCUT2D eigenvalue weighted by Gasteiger charge is 2.17. The monoisotopic (exact) mass is 303 g/mol. The Morgan fingerprint density at radius 3 is 2.32 bits per heavy atom. The summed E-state index contributed by atoms with van der Waals surface area (Å²) in [7, 11) is 0. The fraction of sp³-hybridized carbons (Fsp3) is 0.333. The molecule has 0 aliphatic carbocycles. The van der Waals surface area contributed by atoms with Crippen molar-refractivity contribution in [1.82, 2.24) is 10.6 Å². The summed E-state index contributed by atoms with van der Waals surface area (Å²) >= 11 is 11.7. The summed E-state index contributed by atoms with van der Waals surface area (Å²) in [4.78, 5) is 23.4. The average Bonchev–Trinajstić information content (AvgIpc) is 2.35.